The highest BCUT2D eigenvalue weighted by atomic mass is 32.2. The van der Waals surface area contributed by atoms with Gasteiger partial charge in [0.25, 0.3) is 0 Å². The van der Waals surface area contributed by atoms with Gasteiger partial charge in [0.1, 0.15) is 0 Å². The number of nitrogens with one attached hydrogen (secondary N) is 1. The Labute approximate surface area is 96.7 Å². The van der Waals surface area contributed by atoms with E-state index in [-0.39, 0.29) is 0 Å². The van der Waals surface area contributed by atoms with E-state index in [9.17, 15) is 0 Å². The summed E-state index contributed by atoms with van der Waals surface area (Å²) in [7, 11) is 0. The molecule has 1 aliphatic carbocycles. The molecule has 0 radical (unpaired) electrons. The fraction of sp³-hybridized carbons (Fsp3) is 0.538. The summed E-state index contributed by atoms with van der Waals surface area (Å²) in [6.45, 7) is 3.46. The topological polar surface area (TPSA) is 12.0 Å². The molecule has 1 atom stereocenters. The van der Waals surface area contributed by atoms with Crippen molar-refractivity contribution in [2.45, 2.75) is 36.8 Å². The molecule has 0 spiro atoms. The molecular weight excluding hydrogens is 202 g/mol. The van der Waals surface area contributed by atoms with Gasteiger partial charge < -0.3 is 5.32 Å². The zero-order valence-electron chi connectivity index (χ0n) is 9.28. The summed E-state index contributed by atoms with van der Waals surface area (Å²) >= 11 is 2.04. The zero-order valence-corrected chi connectivity index (χ0v) is 10.1. The Balaban J connectivity index is 1.63. The minimum Gasteiger partial charge on any atom is -0.313 e. The molecule has 82 valence electrons. The van der Waals surface area contributed by atoms with Gasteiger partial charge in [0.2, 0.25) is 0 Å². The third kappa shape index (κ3) is 4.27. The van der Waals surface area contributed by atoms with Gasteiger partial charge in [0.05, 0.1) is 0 Å². The van der Waals surface area contributed by atoms with Gasteiger partial charge in [-0.25, -0.2) is 0 Å². The smallest absolute Gasteiger partial charge is 0.0187 e. The van der Waals surface area contributed by atoms with Gasteiger partial charge in [-0.3, -0.25) is 0 Å². The van der Waals surface area contributed by atoms with E-state index in [2.05, 4.69) is 42.6 Å². The third-order valence-corrected chi connectivity index (χ3v) is 3.88. The molecule has 15 heavy (non-hydrogen) atoms. The van der Waals surface area contributed by atoms with Crippen molar-refractivity contribution in [3.63, 3.8) is 0 Å². The first-order valence-corrected chi connectivity index (χ1v) is 6.78. The number of rotatable bonds is 6. The fourth-order valence-electron chi connectivity index (χ4n) is 1.49. The average Bonchev–Trinajstić information content (AvgIpc) is 3.09. The van der Waals surface area contributed by atoms with Gasteiger partial charge >= 0.3 is 0 Å². The largest absolute Gasteiger partial charge is 0.313 e. The van der Waals surface area contributed by atoms with E-state index >= 15 is 0 Å². The summed E-state index contributed by atoms with van der Waals surface area (Å²) in [5.41, 5.74) is 1.43. The normalized spacial score (nSPS) is 17.7. The van der Waals surface area contributed by atoms with Gasteiger partial charge in [-0.1, -0.05) is 37.3 Å². The predicted octanol–water partition coefficient (Wildman–Crippen LogP) is 3.06. The van der Waals surface area contributed by atoms with Crippen LogP contribution in [0.2, 0.25) is 0 Å². The van der Waals surface area contributed by atoms with Crippen LogP contribution in [0, 0.1) is 0 Å². The van der Waals surface area contributed by atoms with Crippen LogP contribution in [0.4, 0.5) is 0 Å². The van der Waals surface area contributed by atoms with Crippen LogP contribution in [0.1, 0.15) is 25.3 Å². The summed E-state index contributed by atoms with van der Waals surface area (Å²) in [5, 5.41) is 4.29. The van der Waals surface area contributed by atoms with Crippen LogP contribution in [0.5, 0.6) is 0 Å². The molecule has 2 heteroatoms. The maximum absolute atomic E-state index is 3.57. The zero-order chi connectivity index (χ0) is 10.5. The molecule has 1 aliphatic rings. The van der Waals surface area contributed by atoms with E-state index in [1.807, 2.05) is 11.8 Å². The molecule has 1 saturated carbocycles. The van der Waals surface area contributed by atoms with E-state index in [0.717, 1.165) is 18.3 Å². The van der Waals surface area contributed by atoms with Crippen molar-refractivity contribution in [1.29, 1.82) is 0 Å². The van der Waals surface area contributed by atoms with Crippen LogP contribution in [-0.4, -0.2) is 17.8 Å². The van der Waals surface area contributed by atoms with Gasteiger partial charge in [-0.15, -0.1) is 0 Å². The van der Waals surface area contributed by atoms with Crippen molar-refractivity contribution in [1.82, 2.24) is 5.32 Å². The lowest BCUT2D eigenvalue weighted by Crippen LogP contribution is -2.24. The van der Waals surface area contributed by atoms with Gasteiger partial charge in [-0.2, -0.15) is 11.8 Å². The van der Waals surface area contributed by atoms with Crippen LogP contribution in [0.3, 0.4) is 0 Å². The molecule has 0 aromatic heterocycles. The molecule has 0 heterocycles. The third-order valence-electron chi connectivity index (χ3n) is 2.65. The van der Waals surface area contributed by atoms with E-state index < -0.39 is 0 Å². The molecular formula is C13H19NS. The molecule has 0 saturated heterocycles. The molecule has 1 N–H and O–H groups in total. The highest BCUT2D eigenvalue weighted by molar-refractivity contribution is 7.99. The van der Waals surface area contributed by atoms with Crippen molar-refractivity contribution < 1.29 is 0 Å². The SMILES string of the molecule is CC(CNC1CC1)SCc1ccccc1. The maximum atomic E-state index is 3.57. The number of thioether (sulfide) groups is 1. The Morgan fingerprint density at radius 1 is 1.33 bits per heavy atom. The van der Waals surface area contributed by atoms with Gasteiger partial charge in [-0.05, 0) is 18.4 Å². The van der Waals surface area contributed by atoms with Crippen molar-refractivity contribution in [2.75, 3.05) is 6.54 Å². The lowest BCUT2D eigenvalue weighted by molar-refractivity contribution is 0.679. The van der Waals surface area contributed by atoms with Crippen LogP contribution in [0.25, 0.3) is 0 Å². The molecule has 1 aromatic rings. The van der Waals surface area contributed by atoms with Crippen LogP contribution in [0.15, 0.2) is 30.3 Å². The second-order valence-corrected chi connectivity index (χ2v) is 5.72. The summed E-state index contributed by atoms with van der Waals surface area (Å²) in [6.07, 6.45) is 2.77. The van der Waals surface area contributed by atoms with Crippen molar-refractivity contribution in [2.24, 2.45) is 0 Å². The standard InChI is InChI=1S/C13H19NS/c1-11(9-14-13-7-8-13)15-10-12-5-3-2-4-6-12/h2-6,11,13-14H,7-10H2,1H3. The summed E-state index contributed by atoms with van der Waals surface area (Å²) < 4.78 is 0. The molecule has 0 bridgehead atoms. The summed E-state index contributed by atoms with van der Waals surface area (Å²) in [6, 6.07) is 11.5. The lowest BCUT2D eigenvalue weighted by Gasteiger charge is -2.11. The minimum atomic E-state index is 0.714. The van der Waals surface area contributed by atoms with Gasteiger partial charge in [0, 0.05) is 23.6 Å². The van der Waals surface area contributed by atoms with Crippen LogP contribution < -0.4 is 5.32 Å². The van der Waals surface area contributed by atoms with E-state index in [4.69, 9.17) is 0 Å². The van der Waals surface area contributed by atoms with E-state index in [0.29, 0.717) is 5.25 Å². The van der Waals surface area contributed by atoms with Crippen molar-refractivity contribution in [3.8, 4) is 0 Å². The Hall–Kier alpha value is -0.470. The average molecular weight is 221 g/mol. The highest BCUT2D eigenvalue weighted by Crippen LogP contribution is 2.21. The summed E-state index contributed by atoms with van der Waals surface area (Å²) in [4.78, 5) is 0. The lowest BCUT2D eigenvalue weighted by atomic mass is 10.2. The fourth-order valence-corrected chi connectivity index (χ4v) is 2.38. The molecule has 1 unspecified atom stereocenters. The Morgan fingerprint density at radius 3 is 2.73 bits per heavy atom. The monoisotopic (exact) mass is 221 g/mol. The van der Waals surface area contributed by atoms with Crippen molar-refractivity contribution in [3.05, 3.63) is 35.9 Å². The quantitative estimate of drug-likeness (QED) is 0.792. The second-order valence-electron chi connectivity index (χ2n) is 4.29. The first kappa shape index (κ1) is 11.0. The molecule has 0 amide bonds. The molecule has 1 aromatic carbocycles. The highest BCUT2D eigenvalue weighted by Gasteiger charge is 2.20. The minimum absolute atomic E-state index is 0.714. The Kier molecular flexibility index (Phi) is 4.09. The first-order valence-electron chi connectivity index (χ1n) is 5.73. The number of hydrogen-bond acceptors (Lipinski definition) is 2. The van der Waals surface area contributed by atoms with E-state index in [1.165, 1.54) is 18.4 Å². The number of hydrogen-bond donors (Lipinski definition) is 1. The maximum Gasteiger partial charge on any atom is 0.0187 e. The molecule has 2 rings (SSSR count). The number of benzene rings is 1. The predicted molar refractivity (Wildman–Crippen MR) is 68.2 cm³/mol. The molecule has 1 fully saturated rings. The van der Waals surface area contributed by atoms with Crippen LogP contribution >= 0.6 is 11.8 Å². The summed E-state index contributed by atoms with van der Waals surface area (Å²) in [5.74, 6) is 1.13. The second kappa shape index (κ2) is 5.57. The molecule has 1 nitrogen and oxygen atoms in total. The Bertz CT molecular complexity index is 282. The Morgan fingerprint density at radius 2 is 2.07 bits per heavy atom. The van der Waals surface area contributed by atoms with E-state index in [1.54, 1.807) is 0 Å². The van der Waals surface area contributed by atoms with Crippen LogP contribution in [-0.2, 0) is 5.75 Å². The first-order chi connectivity index (χ1) is 7.34. The molecule has 0 aliphatic heterocycles. The van der Waals surface area contributed by atoms with Gasteiger partial charge in [0.15, 0.2) is 0 Å². The van der Waals surface area contributed by atoms with Crippen molar-refractivity contribution >= 4 is 11.8 Å².